The third-order valence-electron chi connectivity index (χ3n) is 7.13. The van der Waals surface area contributed by atoms with Gasteiger partial charge in [-0.3, -0.25) is 0 Å². The normalized spacial score (nSPS) is 21.3. The van der Waals surface area contributed by atoms with Crippen LogP contribution < -0.4 is 35.3 Å². The Hall–Kier alpha value is -0.617. The second kappa shape index (κ2) is 9.94. The van der Waals surface area contributed by atoms with Crippen molar-refractivity contribution in [3.63, 3.8) is 0 Å². The summed E-state index contributed by atoms with van der Waals surface area (Å²) in [6.45, 7) is 18.8. The van der Waals surface area contributed by atoms with E-state index in [0.717, 1.165) is 6.42 Å². The van der Waals surface area contributed by atoms with Gasteiger partial charge in [-0.2, -0.15) is 0 Å². The van der Waals surface area contributed by atoms with E-state index in [-0.39, 0.29) is 67.3 Å². The second-order valence-electron chi connectivity index (χ2n) is 11.2. The molecule has 3 aliphatic rings. The van der Waals surface area contributed by atoms with E-state index in [9.17, 15) is 0 Å². The van der Waals surface area contributed by atoms with Gasteiger partial charge in [0.05, 0.1) is 0 Å². The summed E-state index contributed by atoms with van der Waals surface area (Å²) in [5.41, 5.74) is 7.26. The molecule has 1 atom stereocenters. The Labute approximate surface area is 226 Å². The number of rotatable bonds is 2. The predicted octanol–water partition coefficient (Wildman–Crippen LogP) is 0.253. The van der Waals surface area contributed by atoms with Crippen LogP contribution >= 0.6 is 0 Å². The largest absolute Gasteiger partial charge is 3.00 e. The third kappa shape index (κ3) is 4.52. The van der Waals surface area contributed by atoms with Gasteiger partial charge in [-0.15, -0.1) is 33.7 Å². The van der Waals surface area contributed by atoms with E-state index in [1.165, 1.54) is 38.3 Å². The topological polar surface area (TPSA) is 0 Å². The van der Waals surface area contributed by atoms with Crippen LogP contribution in [0.2, 0.25) is 0 Å². The van der Waals surface area contributed by atoms with Crippen molar-refractivity contribution in [3.8, 4) is 0 Å². The molecule has 1 unspecified atom stereocenters. The molecule has 3 aliphatic carbocycles. The van der Waals surface area contributed by atoms with Crippen molar-refractivity contribution in [1.82, 2.24) is 0 Å². The Kier molecular flexibility index (Phi) is 9.13. The van der Waals surface area contributed by atoms with E-state index in [2.05, 4.69) is 110 Å². The van der Waals surface area contributed by atoms with Gasteiger partial charge in [-0.1, -0.05) is 115 Å². The van der Waals surface area contributed by atoms with E-state index in [1.807, 2.05) is 0 Å². The maximum absolute atomic E-state index is 3.88. The van der Waals surface area contributed by atoms with Gasteiger partial charge < -0.3 is 24.8 Å². The number of hydrogen-bond donors (Lipinski definition) is 0. The van der Waals surface area contributed by atoms with Crippen LogP contribution in [0.4, 0.5) is 0 Å². The Bertz CT molecular complexity index is 1120. The van der Waals surface area contributed by atoms with E-state index in [0.29, 0.717) is 5.92 Å². The minimum Gasteiger partial charge on any atom is -1.00 e. The van der Waals surface area contributed by atoms with Crippen LogP contribution in [0.1, 0.15) is 67.4 Å². The maximum Gasteiger partial charge on any atom is 3.00 e. The summed E-state index contributed by atoms with van der Waals surface area (Å²) in [6.07, 6.45) is 16.6. The molecule has 1 aromatic carbocycles. The van der Waals surface area contributed by atoms with E-state index >= 15 is 0 Å². The molecule has 1 aromatic rings. The summed E-state index contributed by atoms with van der Waals surface area (Å²) >= 11 is 0. The van der Waals surface area contributed by atoms with Crippen LogP contribution in [0.25, 0.3) is 11.6 Å². The molecule has 0 saturated carbocycles. The molecule has 3 heteroatoms. The third-order valence-corrected chi connectivity index (χ3v) is 7.13. The molecule has 0 aromatic heterocycles. The van der Waals surface area contributed by atoms with Gasteiger partial charge in [0.1, 0.15) is 0 Å². The van der Waals surface area contributed by atoms with Crippen molar-refractivity contribution >= 4 is 11.6 Å². The average Bonchev–Trinajstić information content (AvgIpc) is 3.25. The smallest absolute Gasteiger partial charge is 1.00 e. The Morgan fingerprint density at radius 2 is 1.66 bits per heavy atom. The minimum absolute atomic E-state index is 0. The first kappa shape index (κ1) is 29.4. The fourth-order valence-corrected chi connectivity index (χ4v) is 5.59. The monoisotopic (exact) mass is 543 g/mol. The number of allylic oxidation sites excluding steroid dienone is 8. The zero-order valence-corrected chi connectivity index (χ0v) is 24.6. The number of benzene rings is 1. The Morgan fingerprint density at radius 3 is 2.16 bits per heavy atom. The molecule has 0 aliphatic heterocycles. The molecule has 169 valence electrons. The van der Waals surface area contributed by atoms with Crippen molar-refractivity contribution in [3.05, 3.63) is 81.3 Å². The standard InChI is InChI=1S/C29H35.2ClH.Zr/c1-19(2)29(28(6,7)8)16-15-24-23-14-13-22(27(3,4)5)17-21(23)18-25(24)26(29)20-11-9-10-12-20;;;/h9-11,13-17,19H,12H2,1-8H3;2*1H;/q-1;;;+3/p-2. The first-order valence-corrected chi connectivity index (χ1v) is 11.1. The molecular formula is C29H35Cl2Zr. The van der Waals surface area contributed by atoms with Gasteiger partial charge in [0, 0.05) is 0 Å². The molecule has 0 fully saturated rings. The van der Waals surface area contributed by atoms with Gasteiger partial charge in [0.2, 0.25) is 0 Å². The Balaban J connectivity index is 0.00000171. The Morgan fingerprint density at radius 1 is 1.00 bits per heavy atom. The summed E-state index contributed by atoms with van der Waals surface area (Å²) in [5, 5.41) is 2.59. The van der Waals surface area contributed by atoms with E-state index in [1.54, 1.807) is 0 Å². The molecule has 0 amide bonds. The summed E-state index contributed by atoms with van der Waals surface area (Å²) in [5.74, 6) is 0.500. The number of fused-ring (bicyclic) bond motifs is 2. The summed E-state index contributed by atoms with van der Waals surface area (Å²) in [6, 6.07) is 6.97. The van der Waals surface area contributed by atoms with Gasteiger partial charge in [0.25, 0.3) is 0 Å². The molecule has 4 rings (SSSR count). The minimum atomic E-state index is -0.00835. The fourth-order valence-electron chi connectivity index (χ4n) is 5.59. The van der Waals surface area contributed by atoms with Crippen molar-refractivity contribution < 1.29 is 51.0 Å². The van der Waals surface area contributed by atoms with Crippen molar-refractivity contribution in [2.24, 2.45) is 16.7 Å². The van der Waals surface area contributed by atoms with Gasteiger partial charge in [-0.25, -0.2) is 0 Å². The predicted molar refractivity (Wildman–Crippen MR) is 126 cm³/mol. The van der Waals surface area contributed by atoms with E-state index in [4.69, 9.17) is 0 Å². The summed E-state index contributed by atoms with van der Waals surface area (Å²) < 4.78 is 0. The van der Waals surface area contributed by atoms with Crippen LogP contribution in [0.3, 0.4) is 0 Å². The maximum atomic E-state index is 3.88. The molecule has 0 nitrogen and oxygen atoms in total. The molecular weight excluding hydrogens is 510 g/mol. The molecule has 0 bridgehead atoms. The van der Waals surface area contributed by atoms with Crippen LogP contribution in [0, 0.1) is 16.7 Å². The first-order chi connectivity index (χ1) is 13.5. The molecule has 0 heterocycles. The summed E-state index contributed by atoms with van der Waals surface area (Å²) in [4.78, 5) is 0. The molecule has 32 heavy (non-hydrogen) atoms. The zero-order chi connectivity index (χ0) is 21.2. The van der Waals surface area contributed by atoms with E-state index < -0.39 is 0 Å². The number of hydrogen-bond acceptors (Lipinski definition) is 0. The van der Waals surface area contributed by atoms with Crippen LogP contribution in [-0.2, 0) is 31.6 Å². The SMILES string of the molecule is CC(C)C1(C(C)(C)C)C=CC2=c3ccc(C(C)(C)C)cc3=[C-]C2=C1C1=CC=CC1.[Cl-].[Cl-].[Zr+3]. The molecule has 1 radical (unpaired) electrons. The van der Waals surface area contributed by atoms with Gasteiger partial charge >= 0.3 is 26.2 Å². The van der Waals surface area contributed by atoms with Crippen LogP contribution in [0.15, 0.2) is 65.3 Å². The van der Waals surface area contributed by atoms with Gasteiger partial charge in [0.15, 0.2) is 0 Å². The molecule has 0 spiro atoms. The van der Waals surface area contributed by atoms with Gasteiger partial charge in [-0.05, 0) is 28.6 Å². The quantitative estimate of drug-likeness (QED) is 0.468. The van der Waals surface area contributed by atoms with Crippen molar-refractivity contribution in [1.29, 1.82) is 0 Å². The summed E-state index contributed by atoms with van der Waals surface area (Å²) in [7, 11) is 0. The first-order valence-electron chi connectivity index (χ1n) is 11.1. The second-order valence-corrected chi connectivity index (χ2v) is 11.2. The number of halogens is 2. The van der Waals surface area contributed by atoms with Crippen molar-refractivity contribution in [2.75, 3.05) is 0 Å². The van der Waals surface area contributed by atoms with Crippen LogP contribution in [0.5, 0.6) is 0 Å². The fraction of sp³-hybridized carbons (Fsp3) is 0.448. The van der Waals surface area contributed by atoms with Crippen LogP contribution in [-0.4, -0.2) is 0 Å². The zero-order valence-electron chi connectivity index (χ0n) is 20.7. The molecule has 0 N–H and O–H groups in total. The van der Waals surface area contributed by atoms with Crippen molar-refractivity contribution in [2.45, 2.75) is 67.2 Å². The average molecular weight is 546 g/mol. The molecule has 0 saturated heterocycles.